The van der Waals surface area contributed by atoms with Gasteiger partial charge in [-0.1, -0.05) is 44.2 Å². The fourth-order valence-corrected chi connectivity index (χ4v) is 6.32. The number of esters is 1. The van der Waals surface area contributed by atoms with Gasteiger partial charge >= 0.3 is 5.97 Å². The van der Waals surface area contributed by atoms with E-state index in [0.717, 1.165) is 5.56 Å². The lowest BCUT2D eigenvalue weighted by Crippen LogP contribution is -2.40. The lowest BCUT2D eigenvalue weighted by atomic mass is 9.88. The molecule has 4 nitrogen and oxygen atoms in total. The normalized spacial score (nSPS) is 20.2. The molecule has 1 aromatic carbocycles. The zero-order valence-corrected chi connectivity index (χ0v) is 17.4. The summed E-state index contributed by atoms with van der Waals surface area (Å²) in [4.78, 5) is 11.6. The second kappa shape index (κ2) is 11.2. The first-order valence-corrected chi connectivity index (χ1v) is 11.3. The van der Waals surface area contributed by atoms with Crippen molar-refractivity contribution in [1.82, 2.24) is 0 Å². The van der Waals surface area contributed by atoms with Gasteiger partial charge in [0.25, 0.3) is 0 Å². The summed E-state index contributed by atoms with van der Waals surface area (Å²) in [6.45, 7) is 4.68. The molecule has 0 spiro atoms. The molecule has 1 heterocycles. The molecule has 0 saturated carbocycles. The molecule has 0 aliphatic carbocycles. The van der Waals surface area contributed by atoms with Gasteiger partial charge in [0.05, 0.1) is 36.9 Å². The van der Waals surface area contributed by atoms with E-state index in [2.05, 4.69) is 6.92 Å². The van der Waals surface area contributed by atoms with Gasteiger partial charge in [0.15, 0.2) is 0 Å². The average molecular weight is 399 g/mol. The minimum atomic E-state index is -0.774. The van der Waals surface area contributed by atoms with Crippen molar-refractivity contribution in [2.24, 2.45) is 11.8 Å². The van der Waals surface area contributed by atoms with Crippen LogP contribution in [0.4, 0.5) is 0 Å². The van der Waals surface area contributed by atoms with E-state index in [0.29, 0.717) is 11.2 Å². The first kappa shape index (κ1) is 21.6. The Labute approximate surface area is 165 Å². The molecule has 0 unspecified atom stereocenters. The molecule has 26 heavy (non-hydrogen) atoms. The third-order valence-corrected chi connectivity index (χ3v) is 8.20. The van der Waals surface area contributed by atoms with Crippen LogP contribution in [0.3, 0.4) is 0 Å². The molecule has 0 amide bonds. The van der Waals surface area contributed by atoms with Crippen LogP contribution in [0.1, 0.15) is 32.3 Å². The van der Waals surface area contributed by atoms with Gasteiger partial charge in [-0.2, -0.15) is 0 Å². The number of hydrogen-bond acceptors (Lipinski definition) is 6. The van der Waals surface area contributed by atoms with Crippen LogP contribution in [0.5, 0.6) is 0 Å². The number of aliphatic hydroxyl groups is 1. The molecule has 1 aromatic rings. The summed E-state index contributed by atoms with van der Waals surface area (Å²) in [5.74, 6) is 2.08. The van der Waals surface area contributed by atoms with E-state index >= 15 is 0 Å². The minimum absolute atomic E-state index is 0.000532. The Morgan fingerprint density at radius 2 is 1.88 bits per heavy atom. The number of aliphatic hydroxyl groups excluding tert-OH is 1. The Hall–Kier alpha value is -0.690. The number of ether oxygens (including phenoxy) is 2. The molecule has 1 fully saturated rings. The molecule has 1 aliphatic heterocycles. The Morgan fingerprint density at radius 3 is 2.50 bits per heavy atom. The maximum atomic E-state index is 11.6. The SMILES string of the molecule is COC(=O)C[C@@H](O)[C@H](C)[C@@H](OCc1ccccc1)[C@@H](C)C1SCCCS1. The Bertz CT molecular complexity index is 534. The number of hydrogen-bond donors (Lipinski definition) is 1. The Kier molecular flexibility index (Phi) is 9.33. The molecule has 2 rings (SSSR count). The summed E-state index contributed by atoms with van der Waals surface area (Å²) in [5.41, 5.74) is 1.11. The van der Waals surface area contributed by atoms with Gasteiger partial charge in [-0.05, 0) is 23.5 Å². The third-order valence-electron chi connectivity index (χ3n) is 4.81. The molecule has 0 aromatic heterocycles. The highest BCUT2D eigenvalue weighted by atomic mass is 32.2. The summed E-state index contributed by atoms with van der Waals surface area (Å²) in [6, 6.07) is 10.1. The van der Waals surface area contributed by atoms with Crippen molar-refractivity contribution >= 4 is 29.5 Å². The highest BCUT2D eigenvalue weighted by Crippen LogP contribution is 2.40. The lowest BCUT2D eigenvalue weighted by Gasteiger charge is -2.37. The maximum Gasteiger partial charge on any atom is 0.308 e. The summed E-state index contributed by atoms with van der Waals surface area (Å²) in [6.07, 6.45) is 0.344. The second-order valence-electron chi connectivity index (χ2n) is 6.79. The minimum Gasteiger partial charge on any atom is -0.469 e. The highest BCUT2D eigenvalue weighted by Gasteiger charge is 2.36. The van der Waals surface area contributed by atoms with Crippen molar-refractivity contribution in [3.8, 4) is 0 Å². The summed E-state index contributed by atoms with van der Waals surface area (Å²) < 4.78 is 11.5. The van der Waals surface area contributed by atoms with E-state index in [1.165, 1.54) is 25.0 Å². The van der Waals surface area contributed by atoms with Gasteiger partial charge in [-0.3, -0.25) is 4.79 Å². The van der Waals surface area contributed by atoms with Crippen molar-refractivity contribution in [2.45, 2.75) is 50.1 Å². The van der Waals surface area contributed by atoms with Crippen LogP contribution >= 0.6 is 23.5 Å². The van der Waals surface area contributed by atoms with Crippen LogP contribution in [0.2, 0.25) is 0 Å². The molecule has 4 atom stereocenters. The molecular weight excluding hydrogens is 368 g/mol. The number of methoxy groups -OCH3 is 1. The predicted molar refractivity (Wildman–Crippen MR) is 109 cm³/mol. The second-order valence-corrected chi connectivity index (χ2v) is 9.59. The Balaban J connectivity index is 2.06. The molecule has 1 aliphatic rings. The van der Waals surface area contributed by atoms with Gasteiger partial charge in [0.1, 0.15) is 0 Å². The zero-order chi connectivity index (χ0) is 18.9. The van der Waals surface area contributed by atoms with Crippen LogP contribution in [0.15, 0.2) is 30.3 Å². The van der Waals surface area contributed by atoms with Gasteiger partial charge in [0, 0.05) is 11.8 Å². The number of carbonyl (C=O) groups is 1. The van der Waals surface area contributed by atoms with Crippen molar-refractivity contribution in [3.05, 3.63) is 35.9 Å². The number of thioether (sulfide) groups is 2. The summed E-state index contributed by atoms with van der Waals surface area (Å²) >= 11 is 3.96. The van der Waals surface area contributed by atoms with E-state index in [4.69, 9.17) is 9.47 Å². The highest BCUT2D eigenvalue weighted by molar-refractivity contribution is 8.17. The Morgan fingerprint density at radius 1 is 1.23 bits per heavy atom. The first-order chi connectivity index (χ1) is 12.5. The van der Waals surface area contributed by atoms with Crippen LogP contribution in [-0.4, -0.2) is 46.5 Å². The number of benzene rings is 1. The van der Waals surface area contributed by atoms with Crippen molar-refractivity contribution in [1.29, 1.82) is 0 Å². The fraction of sp³-hybridized carbons (Fsp3) is 0.650. The molecule has 1 N–H and O–H groups in total. The topological polar surface area (TPSA) is 55.8 Å². The molecule has 6 heteroatoms. The first-order valence-electron chi connectivity index (χ1n) is 9.16. The summed E-state index contributed by atoms with van der Waals surface area (Å²) in [5, 5.41) is 10.5. The largest absolute Gasteiger partial charge is 0.469 e. The molecule has 146 valence electrons. The predicted octanol–water partition coefficient (Wildman–Crippen LogP) is 3.96. The molecule has 0 bridgehead atoms. The monoisotopic (exact) mass is 398 g/mol. The van der Waals surface area contributed by atoms with Crippen molar-refractivity contribution in [3.63, 3.8) is 0 Å². The van der Waals surface area contributed by atoms with Gasteiger partial charge < -0.3 is 14.6 Å². The van der Waals surface area contributed by atoms with Gasteiger partial charge in [-0.15, -0.1) is 23.5 Å². The standard InChI is InChI=1S/C20H30O4S2/c1-14(17(21)12-18(22)23-3)19(15(2)20-25-10-7-11-26-20)24-13-16-8-5-4-6-9-16/h4-6,8-9,14-15,17,19-21H,7,10-13H2,1-3H3/t14-,15+,17+,19+/m0/s1. The lowest BCUT2D eigenvalue weighted by molar-refractivity contribution is -0.145. The number of rotatable bonds is 9. The zero-order valence-electron chi connectivity index (χ0n) is 15.8. The van der Waals surface area contributed by atoms with Gasteiger partial charge in [-0.25, -0.2) is 0 Å². The van der Waals surface area contributed by atoms with E-state index in [1.807, 2.05) is 60.8 Å². The van der Waals surface area contributed by atoms with Crippen LogP contribution in [-0.2, 0) is 20.9 Å². The smallest absolute Gasteiger partial charge is 0.308 e. The van der Waals surface area contributed by atoms with E-state index in [1.54, 1.807) is 0 Å². The third kappa shape index (κ3) is 6.48. The van der Waals surface area contributed by atoms with Crippen LogP contribution < -0.4 is 0 Å². The van der Waals surface area contributed by atoms with E-state index < -0.39 is 6.10 Å². The van der Waals surface area contributed by atoms with Crippen LogP contribution in [0.25, 0.3) is 0 Å². The van der Waals surface area contributed by atoms with E-state index in [-0.39, 0.29) is 30.3 Å². The fourth-order valence-electron chi connectivity index (χ4n) is 3.17. The van der Waals surface area contributed by atoms with Crippen molar-refractivity contribution in [2.75, 3.05) is 18.6 Å². The average Bonchev–Trinajstić information content (AvgIpc) is 2.69. The molecular formula is C20H30O4S2. The van der Waals surface area contributed by atoms with Gasteiger partial charge in [0.2, 0.25) is 0 Å². The maximum absolute atomic E-state index is 11.6. The van der Waals surface area contributed by atoms with Crippen LogP contribution in [0, 0.1) is 11.8 Å². The molecule has 1 saturated heterocycles. The molecule has 0 radical (unpaired) electrons. The quantitative estimate of drug-likeness (QED) is 0.636. The number of carbonyl (C=O) groups excluding carboxylic acids is 1. The van der Waals surface area contributed by atoms with E-state index in [9.17, 15) is 9.90 Å². The van der Waals surface area contributed by atoms with Crippen molar-refractivity contribution < 1.29 is 19.4 Å². The summed E-state index contributed by atoms with van der Waals surface area (Å²) in [7, 11) is 1.35.